The predicted molar refractivity (Wildman–Crippen MR) is 160 cm³/mol. The Morgan fingerprint density at radius 1 is 1.15 bits per heavy atom. The smallest absolute Gasteiger partial charge is 0.263 e. The van der Waals surface area contributed by atoms with Crippen molar-refractivity contribution in [2.24, 2.45) is 5.92 Å². The lowest BCUT2D eigenvalue weighted by molar-refractivity contribution is -0.0853. The fourth-order valence-corrected chi connectivity index (χ4v) is 7.11. The van der Waals surface area contributed by atoms with E-state index in [1.54, 1.807) is 10.6 Å². The fourth-order valence-electron chi connectivity index (χ4n) is 7.11. The molecule has 2 fully saturated rings. The highest BCUT2D eigenvalue weighted by molar-refractivity contribution is 5.82. The highest BCUT2D eigenvalue weighted by atomic mass is 19.3. The lowest BCUT2D eigenvalue weighted by atomic mass is 9.79. The lowest BCUT2D eigenvalue weighted by Gasteiger charge is -2.47. The van der Waals surface area contributed by atoms with Gasteiger partial charge in [-0.05, 0) is 89.1 Å². The zero-order valence-electron chi connectivity index (χ0n) is 24.7. The van der Waals surface area contributed by atoms with Crippen molar-refractivity contribution in [2.45, 2.75) is 69.9 Å². The number of hydrogen-bond acceptors (Lipinski definition) is 6. The van der Waals surface area contributed by atoms with Gasteiger partial charge in [0.2, 0.25) is 0 Å². The van der Waals surface area contributed by atoms with E-state index in [9.17, 15) is 9.90 Å². The third-order valence-electron chi connectivity index (χ3n) is 9.43. The van der Waals surface area contributed by atoms with Gasteiger partial charge in [0, 0.05) is 42.7 Å². The number of nitrogens with one attached hydrogen (secondary N) is 1. The van der Waals surface area contributed by atoms with Crippen LogP contribution in [0.5, 0.6) is 5.75 Å². The summed E-state index contributed by atoms with van der Waals surface area (Å²) in [5.74, 6) is -3.41. The van der Waals surface area contributed by atoms with Gasteiger partial charge in [-0.2, -0.15) is 0 Å². The van der Waals surface area contributed by atoms with Crippen LogP contribution in [0, 0.1) is 5.92 Å². The maximum atomic E-state index is 15.1. The molecule has 2 aliphatic rings. The zero-order valence-corrected chi connectivity index (χ0v) is 24.7. The minimum atomic E-state index is -2.85. The summed E-state index contributed by atoms with van der Waals surface area (Å²) in [6, 6.07) is 13.3. The Labute approximate surface area is 241 Å². The van der Waals surface area contributed by atoms with Gasteiger partial charge in [0.15, 0.2) is 0 Å². The molecular formula is C32H43F2N5O2. The van der Waals surface area contributed by atoms with Gasteiger partial charge in [0.1, 0.15) is 11.6 Å². The second-order valence-electron chi connectivity index (χ2n) is 11.9. The number of anilines is 1. The molecular weight excluding hydrogens is 524 g/mol. The van der Waals surface area contributed by atoms with Crippen LogP contribution >= 0.6 is 0 Å². The van der Waals surface area contributed by atoms with Gasteiger partial charge in [0.05, 0.1) is 17.4 Å². The van der Waals surface area contributed by atoms with Crippen molar-refractivity contribution >= 4 is 16.6 Å². The minimum Gasteiger partial charge on any atom is -0.508 e. The summed E-state index contributed by atoms with van der Waals surface area (Å²) in [6.45, 7) is 6.06. The van der Waals surface area contributed by atoms with Crippen LogP contribution in [0.25, 0.3) is 10.9 Å². The molecule has 0 radical (unpaired) electrons. The summed E-state index contributed by atoms with van der Waals surface area (Å²) < 4.78 is 31.8. The number of halogens is 2. The van der Waals surface area contributed by atoms with Crippen molar-refractivity contribution in [2.75, 3.05) is 45.2 Å². The van der Waals surface area contributed by atoms with Gasteiger partial charge >= 0.3 is 0 Å². The summed E-state index contributed by atoms with van der Waals surface area (Å²) in [5.41, 5.74) is 2.28. The van der Waals surface area contributed by atoms with E-state index in [-0.39, 0.29) is 23.4 Å². The maximum absolute atomic E-state index is 15.1. The number of aromatic nitrogens is 2. The van der Waals surface area contributed by atoms with E-state index in [0.717, 1.165) is 43.6 Å². The second kappa shape index (κ2) is 11.7. The van der Waals surface area contributed by atoms with Gasteiger partial charge in [-0.3, -0.25) is 14.3 Å². The molecule has 41 heavy (non-hydrogen) atoms. The van der Waals surface area contributed by atoms with E-state index in [4.69, 9.17) is 4.98 Å². The molecule has 2 saturated heterocycles. The van der Waals surface area contributed by atoms with Gasteiger partial charge in [0.25, 0.3) is 11.5 Å². The number of aromatic hydroxyl groups is 1. The number of fused-ring (bicyclic) bond motifs is 1. The van der Waals surface area contributed by atoms with Gasteiger partial charge in [-0.25, -0.2) is 13.8 Å². The summed E-state index contributed by atoms with van der Waals surface area (Å²) in [7, 11) is 4.16. The molecule has 2 atom stereocenters. The molecule has 5 rings (SSSR count). The number of phenols is 1. The van der Waals surface area contributed by atoms with E-state index in [1.165, 1.54) is 0 Å². The SMILES string of the molecule is CCC[C@H](c1nc2ccc(N3CCC(c4cccc(O)c4)(N(C)C)CC3)cc2c(=O)n1CC)[C@@H]1CCNCC1(F)F. The molecule has 0 unspecified atom stereocenters. The van der Waals surface area contributed by atoms with E-state index in [1.807, 2.05) is 44.2 Å². The number of alkyl halides is 2. The van der Waals surface area contributed by atoms with Crippen molar-refractivity contribution in [1.29, 1.82) is 0 Å². The molecule has 0 aliphatic carbocycles. The Morgan fingerprint density at radius 3 is 2.54 bits per heavy atom. The van der Waals surface area contributed by atoms with Crippen LogP contribution in [-0.4, -0.2) is 65.8 Å². The monoisotopic (exact) mass is 567 g/mol. The van der Waals surface area contributed by atoms with Crippen molar-refractivity contribution in [3.8, 4) is 5.75 Å². The fraction of sp³-hybridized carbons (Fsp3) is 0.562. The molecule has 2 aromatic carbocycles. The summed E-state index contributed by atoms with van der Waals surface area (Å²) in [5, 5.41) is 13.5. The second-order valence-corrected chi connectivity index (χ2v) is 11.9. The third kappa shape index (κ3) is 5.46. The first-order valence-electron chi connectivity index (χ1n) is 15.0. The average Bonchev–Trinajstić information content (AvgIpc) is 2.96. The van der Waals surface area contributed by atoms with Crippen molar-refractivity contribution in [1.82, 2.24) is 19.8 Å². The third-order valence-corrected chi connectivity index (χ3v) is 9.43. The predicted octanol–water partition coefficient (Wildman–Crippen LogP) is 5.31. The molecule has 222 valence electrons. The van der Waals surface area contributed by atoms with Gasteiger partial charge in [-0.1, -0.05) is 25.5 Å². The molecule has 0 amide bonds. The van der Waals surface area contributed by atoms with Crippen LogP contribution in [0.3, 0.4) is 0 Å². The largest absolute Gasteiger partial charge is 0.508 e. The summed E-state index contributed by atoms with van der Waals surface area (Å²) in [4.78, 5) is 23.3. The van der Waals surface area contributed by atoms with Crippen molar-refractivity contribution in [3.63, 3.8) is 0 Å². The Morgan fingerprint density at radius 2 is 1.90 bits per heavy atom. The number of hydrogen-bond donors (Lipinski definition) is 2. The van der Waals surface area contributed by atoms with Gasteiger partial charge in [-0.15, -0.1) is 0 Å². The molecule has 0 bridgehead atoms. The maximum Gasteiger partial charge on any atom is 0.263 e. The average molecular weight is 568 g/mol. The minimum absolute atomic E-state index is 0.160. The lowest BCUT2D eigenvalue weighted by Crippen LogP contribution is -2.50. The Hall–Kier alpha value is -3.04. The summed E-state index contributed by atoms with van der Waals surface area (Å²) in [6.07, 6.45) is 3.40. The van der Waals surface area contributed by atoms with Crippen LogP contribution < -0.4 is 15.8 Å². The molecule has 2 N–H and O–H groups in total. The number of benzene rings is 2. The molecule has 9 heteroatoms. The highest BCUT2D eigenvalue weighted by Gasteiger charge is 2.47. The topological polar surface area (TPSA) is 73.6 Å². The molecule has 0 spiro atoms. The van der Waals surface area contributed by atoms with Crippen LogP contribution in [0.2, 0.25) is 0 Å². The number of nitrogens with zero attached hydrogens (tertiary/aromatic N) is 4. The molecule has 0 saturated carbocycles. The Balaban J connectivity index is 1.47. The normalized spacial score (nSPS) is 21.3. The van der Waals surface area contributed by atoms with Crippen LogP contribution in [-0.2, 0) is 12.1 Å². The first kappa shape index (κ1) is 29.5. The van der Waals surface area contributed by atoms with Crippen LogP contribution in [0.15, 0.2) is 47.3 Å². The zero-order chi connectivity index (χ0) is 29.4. The molecule has 3 heterocycles. The molecule has 3 aromatic rings. The van der Waals surface area contributed by atoms with Crippen molar-refractivity contribution < 1.29 is 13.9 Å². The Bertz CT molecular complexity index is 1430. The molecule has 7 nitrogen and oxygen atoms in total. The number of rotatable bonds is 8. The Kier molecular flexibility index (Phi) is 8.39. The first-order valence-corrected chi connectivity index (χ1v) is 15.0. The first-order chi connectivity index (χ1) is 19.6. The summed E-state index contributed by atoms with van der Waals surface area (Å²) >= 11 is 0. The van der Waals surface area contributed by atoms with Crippen molar-refractivity contribution in [3.05, 3.63) is 64.2 Å². The standard InChI is InChI=1S/C32H43F2N5O2/c1-5-8-25(27-13-16-35-21-32(27,33)34)29-36-28-12-11-23(20-26(28)30(41)39(29)6-2)38-17-14-31(15-18-38,37(3)4)22-9-7-10-24(40)19-22/h7,9-12,19-20,25,27,35,40H,5-6,8,13-18,21H2,1-4H3/t25-,27-/m0/s1. The molecule has 2 aliphatic heterocycles. The number of piperidine rings is 2. The quantitative estimate of drug-likeness (QED) is 0.385. The van der Waals surface area contributed by atoms with Crippen LogP contribution in [0.4, 0.5) is 14.5 Å². The van der Waals surface area contributed by atoms with E-state index >= 15 is 8.78 Å². The number of phenolic OH excluding ortho intramolecular Hbond substituents is 1. The van der Waals surface area contributed by atoms with Crippen LogP contribution in [0.1, 0.15) is 63.3 Å². The van der Waals surface area contributed by atoms with Gasteiger partial charge < -0.3 is 15.3 Å². The highest BCUT2D eigenvalue weighted by Crippen LogP contribution is 2.43. The van der Waals surface area contributed by atoms with E-state index < -0.39 is 17.8 Å². The van der Waals surface area contributed by atoms with E-state index in [2.05, 4.69) is 35.3 Å². The molecule has 1 aromatic heterocycles. The van der Waals surface area contributed by atoms with E-state index in [0.29, 0.717) is 42.7 Å².